The van der Waals surface area contributed by atoms with Crippen LogP contribution in [0.1, 0.15) is 60.2 Å². The van der Waals surface area contributed by atoms with E-state index in [9.17, 15) is 9.59 Å². The van der Waals surface area contributed by atoms with E-state index < -0.39 is 0 Å². The molecule has 176 valence electrons. The predicted molar refractivity (Wildman–Crippen MR) is 138 cm³/mol. The molecule has 4 rings (SSSR count). The summed E-state index contributed by atoms with van der Waals surface area (Å²) in [4.78, 5) is 22.0. The van der Waals surface area contributed by atoms with Gasteiger partial charge in [0, 0.05) is 17.7 Å². The highest BCUT2D eigenvalue weighted by molar-refractivity contribution is 8.00. The Morgan fingerprint density at radius 1 is 1.06 bits per heavy atom. The second-order valence-corrected chi connectivity index (χ2v) is 9.17. The van der Waals surface area contributed by atoms with Crippen LogP contribution in [0.2, 0.25) is 0 Å². The van der Waals surface area contributed by atoms with Crippen LogP contribution in [0.4, 0.5) is 0 Å². The molecule has 33 heavy (non-hydrogen) atoms. The maximum Gasteiger partial charge on any atom is 0.293 e. The second-order valence-electron chi connectivity index (χ2n) is 7.05. The molecular formula is C27H32O4S2. The number of ketones is 1. The van der Waals surface area contributed by atoms with Gasteiger partial charge in [0.25, 0.3) is 6.47 Å². The van der Waals surface area contributed by atoms with E-state index in [4.69, 9.17) is 4.74 Å². The highest BCUT2D eigenvalue weighted by Crippen LogP contribution is 2.42. The summed E-state index contributed by atoms with van der Waals surface area (Å²) in [5.41, 5.74) is 4.69. The summed E-state index contributed by atoms with van der Waals surface area (Å²) in [6.45, 7) is 6.66. The zero-order valence-corrected chi connectivity index (χ0v) is 21.3. The van der Waals surface area contributed by atoms with E-state index in [-0.39, 0.29) is 11.7 Å². The third-order valence-corrected chi connectivity index (χ3v) is 7.45. The molecule has 0 amide bonds. The highest BCUT2D eigenvalue weighted by atomic mass is 32.2. The van der Waals surface area contributed by atoms with Crippen molar-refractivity contribution in [3.63, 3.8) is 0 Å². The van der Waals surface area contributed by atoms with E-state index in [1.165, 1.54) is 20.9 Å². The van der Waals surface area contributed by atoms with E-state index in [0.29, 0.717) is 19.5 Å². The second kappa shape index (κ2) is 14.6. The molecule has 1 unspecified atom stereocenters. The molecule has 1 atom stereocenters. The molecule has 0 bridgehead atoms. The number of fused-ring (bicyclic) bond motifs is 1. The molecule has 4 nitrogen and oxygen atoms in total. The summed E-state index contributed by atoms with van der Waals surface area (Å²) in [5.74, 6) is 2.31. The molecule has 0 N–H and O–H groups in total. The molecule has 0 aliphatic heterocycles. The Hall–Kier alpha value is -2.57. The van der Waals surface area contributed by atoms with Gasteiger partial charge in [0.1, 0.15) is 5.75 Å². The fourth-order valence-electron chi connectivity index (χ4n) is 3.49. The summed E-state index contributed by atoms with van der Waals surface area (Å²) >= 11 is 3.50. The molecule has 1 heterocycles. The lowest BCUT2D eigenvalue weighted by atomic mass is 9.81. The Labute approximate surface area is 205 Å². The van der Waals surface area contributed by atoms with Gasteiger partial charge in [0.15, 0.2) is 5.78 Å². The average molecular weight is 485 g/mol. The van der Waals surface area contributed by atoms with Gasteiger partial charge in [-0.2, -0.15) is 0 Å². The van der Waals surface area contributed by atoms with Gasteiger partial charge in [-0.1, -0.05) is 56.3 Å². The minimum Gasteiger partial charge on any atom is -0.497 e. The van der Waals surface area contributed by atoms with Crippen LogP contribution in [0.25, 0.3) is 0 Å². The van der Waals surface area contributed by atoms with Gasteiger partial charge in [-0.15, -0.1) is 23.1 Å². The van der Waals surface area contributed by atoms with Crippen LogP contribution < -0.4 is 4.74 Å². The smallest absolute Gasteiger partial charge is 0.293 e. The van der Waals surface area contributed by atoms with E-state index in [1.807, 2.05) is 32.0 Å². The number of hydrogen-bond donors (Lipinski definition) is 0. The van der Waals surface area contributed by atoms with Crippen LogP contribution in [0, 0.1) is 0 Å². The number of hydrogen-bond acceptors (Lipinski definition) is 6. The van der Waals surface area contributed by atoms with Gasteiger partial charge in [-0.25, -0.2) is 0 Å². The number of rotatable bonds is 7. The molecule has 3 aromatic rings. The topological polar surface area (TPSA) is 52.6 Å². The lowest BCUT2D eigenvalue weighted by Crippen LogP contribution is -2.17. The maximum absolute atomic E-state index is 12.9. The molecule has 1 aromatic heterocycles. The molecule has 0 saturated carbocycles. The first-order chi connectivity index (χ1) is 16.2. The average Bonchev–Trinajstić information content (AvgIpc) is 3.29. The van der Waals surface area contributed by atoms with Crippen molar-refractivity contribution >= 4 is 35.4 Å². The molecule has 1 aliphatic carbocycles. The van der Waals surface area contributed by atoms with Gasteiger partial charge in [-0.3, -0.25) is 9.59 Å². The fraction of sp³-hybridized carbons (Fsp3) is 0.333. The highest BCUT2D eigenvalue weighted by Gasteiger charge is 2.29. The van der Waals surface area contributed by atoms with Gasteiger partial charge in [0.2, 0.25) is 0 Å². The number of thioether (sulfide) groups is 1. The van der Waals surface area contributed by atoms with Crippen LogP contribution in [0.15, 0.2) is 64.2 Å². The van der Waals surface area contributed by atoms with E-state index in [1.54, 1.807) is 37.1 Å². The normalized spacial score (nSPS) is 14.1. The monoisotopic (exact) mass is 484 g/mol. The first-order valence-corrected chi connectivity index (χ1v) is 13.0. The SMILES string of the molecule is CC.CCOC=O.COc1ccc(C2CC(=O)c3c(csc3SCc3ccccc3)C2)cc1. The quantitative estimate of drug-likeness (QED) is 0.263. The lowest BCUT2D eigenvalue weighted by Gasteiger charge is -2.22. The van der Waals surface area contributed by atoms with Crippen LogP contribution in [0.3, 0.4) is 0 Å². The van der Waals surface area contributed by atoms with E-state index in [2.05, 4.69) is 46.5 Å². The number of benzene rings is 2. The Kier molecular flexibility index (Phi) is 11.8. The third-order valence-electron chi connectivity index (χ3n) is 5.05. The number of ether oxygens (including phenoxy) is 2. The summed E-state index contributed by atoms with van der Waals surface area (Å²) in [6.07, 6.45) is 1.53. The zero-order chi connectivity index (χ0) is 24.1. The maximum atomic E-state index is 12.9. The van der Waals surface area contributed by atoms with Crippen molar-refractivity contribution in [3.05, 3.63) is 82.2 Å². The summed E-state index contributed by atoms with van der Waals surface area (Å²) < 4.78 is 10.6. The number of methoxy groups -OCH3 is 1. The predicted octanol–water partition coefficient (Wildman–Crippen LogP) is 7.17. The Balaban J connectivity index is 0.000000489. The summed E-state index contributed by atoms with van der Waals surface area (Å²) in [7, 11) is 1.67. The first-order valence-electron chi connectivity index (χ1n) is 11.2. The van der Waals surface area contributed by atoms with Gasteiger partial charge in [-0.05, 0) is 53.5 Å². The molecule has 0 radical (unpaired) electrons. The largest absolute Gasteiger partial charge is 0.497 e. The first kappa shape index (κ1) is 26.7. The van der Waals surface area contributed by atoms with Crippen LogP contribution in [-0.4, -0.2) is 26.0 Å². The lowest BCUT2D eigenvalue weighted by molar-refractivity contribution is -0.128. The minimum atomic E-state index is 0.266. The van der Waals surface area contributed by atoms with Crippen molar-refractivity contribution in [2.45, 2.75) is 49.5 Å². The number of carbonyl (C=O) groups is 2. The van der Waals surface area contributed by atoms with Crippen LogP contribution in [0.5, 0.6) is 5.75 Å². The fourth-order valence-corrected chi connectivity index (χ4v) is 5.79. The third kappa shape index (κ3) is 7.76. The number of carbonyl (C=O) groups excluding carboxylic acids is 2. The number of thiophene rings is 1. The minimum absolute atomic E-state index is 0.266. The van der Waals surface area contributed by atoms with Crippen molar-refractivity contribution in [3.8, 4) is 5.75 Å². The standard InChI is InChI=1S/C22H20O2S2.C3H6O2.C2H6/c1-24-19-9-7-16(8-10-19)17-11-18-14-26-22(21(18)20(23)12-17)25-13-15-5-3-2-4-6-15;1-2-5-3-4;1-2/h2-10,14,17H,11-13H2,1H3;3H,2H2,1H3;1-2H3. The van der Waals surface area contributed by atoms with E-state index in [0.717, 1.165) is 23.5 Å². The molecule has 1 aliphatic rings. The van der Waals surface area contributed by atoms with Gasteiger partial charge in [0.05, 0.1) is 17.9 Å². The zero-order valence-electron chi connectivity index (χ0n) is 19.7. The molecule has 0 fully saturated rings. The summed E-state index contributed by atoms with van der Waals surface area (Å²) in [5, 5.41) is 2.18. The number of Topliss-reactive ketones (excluding diaryl/α,β-unsaturated/α-hetero) is 1. The Bertz CT molecular complexity index is 981. The summed E-state index contributed by atoms with van der Waals surface area (Å²) in [6, 6.07) is 18.5. The van der Waals surface area contributed by atoms with Crippen molar-refractivity contribution in [2.75, 3.05) is 13.7 Å². The Morgan fingerprint density at radius 2 is 1.76 bits per heavy atom. The van der Waals surface area contributed by atoms with Crippen LogP contribution >= 0.6 is 23.1 Å². The van der Waals surface area contributed by atoms with Crippen LogP contribution in [-0.2, 0) is 21.7 Å². The molecule has 0 saturated heterocycles. The Morgan fingerprint density at radius 3 is 2.33 bits per heavy atom. The van der Waals surface area contributed by atoms with Gasteiger partial charge < -0.3 is 9.47 Å². The molecule has 0 spiro atoms. The van der Waals surface area contributed by atoms with Crippen molar-refractivity contribution in [1.82, 2.24) is 0 Å². The van der Waals surface area contributed by atoms with Gasteiger partial charge >= 0.3 is 0 Å². The molecular weight excluding hydrogens is 452 g/mol. The van der Waals surface area contributed by atoms with Crippen molar-refractivity contribution < 1.29 is 19.1 Å². The van der Waals surface area contributed by atoms with Crippen molar-refractivity contribution in [1.29, 1.82) is 0 Å². The van der Waals surface area contributed by atoms with Crippen molar-refractivity contribution in [2.24, 2.45) is 0 Å². The molecule has 6 heteroatoms. The van der Waals surface area contributed by atoms with E-state index >= 15 is 0 Å². The molecule has 2 aromatic carbocycles.